The van der Waals surface area contributed by atoms with Crippen LogP contribution in [0, 0.1) is 0 Å². The molecule has 3 heteroatoms. The molecule has 0 atom stereocenters. The molecule has 20 heavy (non-hydrogen) atoms. The first kappa shape index (κ1) is 14.1. The lowest BCUT2D eigenvalue weighted by Gasteiger charge is -2.14. The number of ether oxygens (including phenoxy) is 1. The molecular weight excluding hydrogens is 250 g/mol. The highest BCUT2D eigenvalue weighted by Crippen LogP contribution is 2.29. The molecule has 0 aliphatic heterocycles. The first-order valence-corrected chi connectivity index (χ1v) is 6.72. The van der Waals surface area contributed by atoms with Crippen molar-refractivity contribution in [3.05, 3.63) is 59.2 Å². The molecule has 0 aliphatic rings. The lowest BCUT2D eigenvalue weighted by atomic mass is 10.0. The first-order valence-electron chi connectivity index (χ1n) is 6.72. The van der Waals surface area contributed by atoms with Crippen molar-refractivity contribution in [2.24, 2.45) is 0 Å². The normalized spacial score (nSPS) is 10.3. The van der Waals surface area contributed by atoms with Crippen molar-refractivity contribution in [3.63, 3.8) is 0 Å². The minimum atomic E-state index is -0.0215. The van der Waals surface area contributed by atoms with Gasteiger partial charge in [0, 0.05) is 16.8 Å². The molecular formula is C17H19NO2. The van der Waals surface area contributed by atoms with Gasteiger partial charge in [-0.05, 0) is 31.0 Å². The first-order chi connectivity index (χ1) is 9.63. The second kappa shape index (κ2) is 6.24. The number of nitrogen functional groups attached to an aromatic ring is 1. The number of carbonyl (C=O) groups is 1. The monoisotopic (exact) mass is 269 g/mol. The van der Waals surface area contributed by atoms with Crippen LogP contribution in [0.2, 0.25) is 0 Å². The highest BCUT2D eigenvalue weighted by molar-refractivity contribution is 6.00. The molecule has 2 aromatic rings. The molecule has 2 rings (SSSR count). The van der Waals surface area contributed by atoms with Crippen molar-refractivity contribution in [1.82, 2.24) is 0 Å². The van der Waals surface area contributed by atoms with Crippen molar-refractivity contribution in [2.45, 2.75) is 26.9 Å². The number of rotatable bonds is 5. The summed E-state index contributed by atoms with van der Waals surface area (Å²) >= 11 is 0. The predicted octanol–water partition coefficient (Wildman–Crippen LogP) is 3.61. The van der Waals surface area contributed by atoms with E-state index in [1.54, 1.807) is 6.07 Å². The Hall–Kier alpha value is -2.29. The van der Waals surface area contributed by atoms with Gasteiger partial charge in [0.05, 0.1) is 0 Å². The van der Waals surface area contributed by atoms with E-state index in [4.69, 9.17) is 10.5 Å². The molecule has 0 saturated carbocycles. The Morgan fingerprint density at radius 3 is 2.45 bits per heavy atom. The van der Waals surface area contributed by atoms with Gasteiger partial charge >= 0.3 is 0 Å². The summed E-state index contributed by atoms with van der Waals surface area (Å²) in [7, 11) is 0. The van der Waals surface area contributed by atoms with Crippen LogP contribution in [0.5, 0.6) is 5.75 Å². The second-order valence-corrected chi connectivity index (χ2v) is 4.69. The van der Waals surface area contributed by atoms with Crippen LogP contribution in [-0.4, -0.2) is 5.78 Å². The van der Waals surface area contributed by atoms with Gasteiger partial charge in [-0.15, -0.1) is 0 Å². The summed E-state index contributed by atoms with van der Waals surface area (Å²) in [5, 5.41) is 0. The molecule has 0 saturated heterocycles. The van der Waals surface area contributed by atoms with Gasteiger partial charge in [-0.2, -0.15) is 0 Å². The Bertz CT molecular complexity index is 606. The maximum Gasteiger partial charge on any atom is 0.161 e. The SMILES string of the molecule is CCc1c(OCc2ccccc2)ccc(C(C)=O)c1N. The molecule has 2 aromatic carbocycles. The summed E-state index contributed by atoms with van der Waals surface area (Å²) < 4.78 is 5.84. The lowest BCUT2D eigenvalue weighted by molar-refractivity contribution is 0.101. The zero-order chi connectivity index (χ0) is 14.5. The number of ketones is 1. The van der Waals surface area contributed by atoms with E-state index in [1.165, 1.54) is 6.92 Å². The Kier molecular flexibility index (Phi) is 4.41. The lowest BCUT2D eigenvalue weighted by Crippen LogP contribution is -2.06. The van der Waals surface area contributed by atoms with Crippen molar-refractivity contribution in [3.8, 4) is 5.75 Å². The van der Waals surface area contributed by atoms with Gasteiger partial charge in [0.2, 0.25) is 0 Å². The van der Waals surface area contributed by atoms with Crippen molar-refractivity contribution < 1.29 is 9.53 Å². The maximum atomic E-state index is 11.5. The summed E-state index contributed by atoms with van der Waals surface area (Å²) in [6, 6.07) is 13.5. The van der Waals surface area contributed by atoms with Crippen LogP contribution in [0.1, 0.15) is 35.3 Å². The third kappa shape index (κ3) is 2.99. The van der Waals surface area contributed by atoms with Gasteiger partial charge < -0.3 is 10.5 Å². The van der Waals surface area contributed by atoms with Crippen LogP contribution in [0.25, 0.3) is 0 Å². The molecule has 0 radical (unpaired) electrons. The second-order valence-electron chi connectivity index (χ2n) is 4.69. The van der Waals surface area contributed by atoms with Crippen LogP contribution >= 0.6 is 0 Å². The van der Waals surface area contributed by atoms with Gasteiger partial charge in [0.15, 0.2) is 5.78 Å². The highest BCUT2D eigenvalue weighted by Gasteiger charge is 2.13. The Labute approximate surface area is 119 Å². The zero-order valence-corrected chi connectivity index (χ0v) is 11.8. The number of hydrogen-bond donors (Lipinski definition) is 1. The van der Waals surface area contributed by atoms with Gasteiger partial charge in [0.25, 0.3) is 0 Å². The van der Waals surface area contributed by atoms with Gasteiger partial charge in [0.1, 0.15) is 12.4 Å². The molecule has 0 aliphatic carbocycles. The zero-order valence-electron chi connectivity index (χ0n) is 11.8. The number of Topliss-reactive ketones (excluding diaryl/α,β-unsaturated/α-hetero) is 1. The molecule has 0 fully saturated rings. The highest BCUT2D eigenvalue weighted by atomic mass is 16.5. The molecule has 0 bridgehead atoms. The van der Waals surface area contributed by atoms with E-state index in [0.717, 1.165) is 23.3 Å². The summed E-state index contributed by atoms with van der Waals surface area (Å²) in [4.78, 5) is 11.5. The molecule has 104 valence electrons. The summed E-state index contributed by atoms with van der Waals surface area (Å²) in [6.45, 7) is 4.02. The average Bonchev–Trinajstić information content (AvgIpc) is 2.45. The molecule has 0 amide bonds. The minimum Gasteiger partial charge on any atom is -0.489 e. The summed E-state index contributed by atoms with van der Waals surface area (Å²) in [5.41, 5.74) is 9.16. The van der Waals surface area contributed by atoms with Crippen molar-refractivity contribution in [2.75, 3.05) is 5.73 Å². The van der Waals surface area contributed by atoms with E-state index in [0.29, 0.717) is 17.9 Å². The van der Waals surface area contributed by atoms with Gasteiger partial charge in [-0.1, -0.05) is 37.3 Å². The van der Waals surface area contributed by atoms with E-state index >= 15 is 0 Å². The molecule has 0 aromatic heterocycles. The third-order valence-corrected chi connectivity index (χ3v) is 3.28. The quantitative estimate of drug-likeness (QED) is 0.666. The fourth-order valence-electron chi connectivity index (χ4n) is 2.19. The van der Waals surface area contributed by atoms with Crippen LogP contribution in [0.4, 0.5) is 5.69 Å². The summed E-state index contributed by atoms with van der Waals surface area (Å²) in [5.74, 6) is 0.727. The minimum absolute atomic E-state index is 0.0215. The molecule has 0 spiro atoms. The van der Waals surface area contributed by atoms with Crippen LogP contribution in [-0.2, 0) is 13.0 Å². The number of anilines is 1. The largest absolute Gasteiger partial charge is 0.489 e. The third-order valence-electron chi connectivity index (χ3n) is 3.28. The molecule has 3 nitrogen and oxygen atoms in total. The van der Waals surface area contributed by atoms with Gasteiger partial charge in [-0.3, -0.25) is 4.79 Å². The number of nitrogens with two attached hydrogens (primary N) is 1. The molecule has 0 unspecified atom stereocenters. The number of benzene rings is 2. The smallest absolute Gasteiger partial charge is 0.161 e. The molecule has 0 heterocycles. The predicted molar refractivity (Wildman–Crippen MR) is 81.0 cm³/mol. The van der Waals surface area contributed by atoms with Crippen LogP contribution in [0.3, 0.4) is 0 Å². The van der Waals surface area contributed by atoms with Crippen molar-refractivity contribution >= 4 is 11.5 Å². The number of hydrogen-bond acceptors (Lipinski definition) is 3. The summed E-state index contributed by atoms with van der Waals surface area (Å²) in [6.07, 6.45) is 0.733. The van der Waals surface area contributed by atoms with Crippen molar-refractivity contribution in [1.29, 1.82) is 0 Å². The Morgan fingerprint density at radius 1 is 1.15 bits per heavy atom. The fourth-order valence-corrected chi connectivity index (χ4v) is 2.19. The Balaban J connectivity index is 2.24. The molecule has 2 N–H and O–H groups in total. The van der Waals surface area contributed by atoms with Crippen LogP contribution in [0.15, 0.2) is 42.5 Å². The fraction of sp³-hybridized carbons (Fsp3) is 0.235. The van der Waals surface area contributed by atoms with Crippen LogP contribution < -0.4 is 10.5 Å². The Morgan fingerprint density at radius 2 is 1.85 bits per heavy atom. The van der Waals surface area contributed by atoms with E-state index < -0.39 is 0 Å². The standard InChI is InChI=1S/C17H19NO2/c1-3-14-16(10-9-15(12(2)19)17(14)18)20-11-13-7-5-4-6-8-13/h4-10H,3,11,18H2,1-2H3. The van der Waals surface area contributed by atoms with E-state index in [1.807, 2.05) is 43.3 Å². The topological polar surface area (TPSA) is 52.3 Å². The maximum absolute atomic E-state index is 11.5. The van der Waals surface area contributed by atoms with E-state index in [-0.39, 0.29) is 5.78 Å². The van der Waals surface area contributed by atoms with E-state index in [2.05, 4.69) is 0 Å². The van der Waals surface area contributed by atoms with Gasteiger partial charge in [-0.25, -0.2) is 0 Å². The average molecular weight is 269 g/mol. The van der Waals surface area contributed by atoms with E-state index in [9.17, 15) is 4.79 Å². The number of carbonyl (C=O) groups excluding carboxylic acids is 1.